The van der Waals surface area contributed by atoms with Gasteiger partial charge >= 0.3 is 0 Å². The fraction of sp³-hybridized carbons (Fsp3) is 0.636. The molecule has 1 unspecified atom stereocenters. The first kappa shape index (κ1) is 20.4. The molecule has 3 fully saturated rings. The Kier molecular flexibility index (Phi) is 6.34. The van der Waals surface area contributed by atoms with E-state index in [9.17, 15) is 0 Å². The quantitative estimate of drug-likeness (QED) is 0.690. The third-order valence-electron chi connectivity index (χ3n) is 6.41. The molecule has 3 aliphatic rings. The van der Waals surface area contributed by atoms with Gasteiger partial charge in [0.1, 0.15) is 5.82 Å². The normalized spacial score (nSPS) is 23.0. The average Bonchev–Trinajstić information content (AvgIpc) is 2.81. The largest absolute Gasteiger partial charge is 0.379 e. The second kappa shape index (κ2) is 9.32. The fourth-order valence-corrected chi connectivity index (χ4v) is 5.09. The monoisotopic (exact) mass is 431 g/mol. The van der Waals surface area contributed by atoms with Gasteiger partial charge in [-0.15, -0.1) is 0 Å². The fourth-order valence-electron chi connectivity index (χ4n) is 4.92. The zero-order valence-corrected chi connectivity index (χ0v) is 18.2. The number of morpholine rings is 2. The second-order valence-corrected chi connectivity index (χ2v) is 8.65. The van der Waals surface area contributed by atoms with Crippen molar-refractivity contribution in [3.8, 4) is 0 Å². The molecule has 162 valence electrons. The van der Waals surface area contributed by atoms with E-state index in [1.54, 1.807) is 0 Å². The Hall–Kier alpha value is -1.51. The Morgan fingerprint density at radius 2 is 1.47 bits per heavy atom. The molecule has 0 N–H and O–H groups in total. The highest BCUT2D eigenvalue weighted by Gasteiger charge is 2.30. The number of ether oxygens (including phenoxy) is 2. The van der Waals surface area contributed by atoms with Gasteiger partial charge in [-0.1, -0.05) is 12.5 Å². The Bertz CT molecular complexity index is 846. The summed E-state index contributed by atoms with van der Waals surface area (Å²) in [5, 5.41) is 1.38. The average molecular weight is 432 g/mol. The number of halogens is 1. The van der Waals surface area contributed by atoms with Crippen LogP contribution < -0.4 is 4.90 Å². The van der Waals surface area contributed by atoms with E-state index in [2.05, 4.69) is 42.9 Å². The third kappa shape index (κ3) is 4.27. The van der Waals surface area contributed by atoms with Gasteiger partial charge in [0.2, 0.25) is 5.28 Å². The number of likely N-dealkylation sites (tertiary alicyclic amines) is 1. The van der Waals surface area contributed by atoms with E-state index in [1.807, 2.05) is 0 Å². The van der Waals surface area contributed by atoms with Crippen LogP contribution >= 0.6 is 11.6 Å². The lowest BCUT2D eigenvalue weighted by Crippen LogP contribution is -2.48. The minimum Gasteiger partial charge on any atom is -0.379 e. The van der Waals surface area contributed by atoms with Gasteiger partial charge in [-0.3, -0.25) is 9.80 Å². The number of aromatic nitrogens is 2. The van der Waals surface area contributed by atoms with Crippen molar-refractivity contribution in [1.82, 2.24) is 19.8 Å². The van der Waals surface area contributed by atoms with Crippen LogP contribution in [0.3, 0.4) is 0 Å². The summed E-state index contributed by atoms with van der Waals surface area (Å²) < 4.78 is 11.2. The SMILES string of the molecule is Clc1nc(N2CCOCC2)c2cc(C(N3CCCCC3)N3CCOCC3)ccc2n1. The number of benzene rings is 1. The van der Waals surface area contributed by atoms with Crippen LogP contribution in [-0.4, -0.2) is 85.5 Å². The van der Waals surface area contributed by atoms with Gasteiger partial charge in [-0.2, -0.15) is 4.98 Å². The van der Waals surface area contributed by atoms with Crippen LogP contribution in [0.25, 0.3) is 10.9 Å². The first-order valence-corrected chi connectivity index (χ1v) is 11.5. The predicted octanol–water partition coefficient (Wildman–Crippen LogP) is 2.94. The minimum atomic E-state index is 0.270. The first-order chi connectivity index (χ1) is 14.8. The van der Waals surface area contributed by atoms with E-state index in [-0.39, 0.29) is 6.17 Å². The summed E-state index contributed by atoms with van der Waals surface area (Å²) in [5.41, 5.74) is 2.21. The van der Waals surface area contributed by atoms with Gasteiger partial charge in [0, 0.05) is 31.6 Å². The van der Waals surface area contributed by atoms with Crippen molar-refractivity contribution < 1.29 is 9.47 Å². The highest BCUT2D eigenvalue weighted by Crippen LogP contribution is 2.33. The van der Waals surface area contributed by atoms with E-state index in [1.165, 1.54) is 24.8 Å². The molecular weight excluding hydrogens is 402 g/mol. The molecule has 8 heteroatoms. The first-order valence-electron chi connectivity index (χ1n) is 11.2. The molecule has 0 aliphatic carbocycles. The van der Waals surface area contributed by atoms with Gasteiger partial charge in [0.25, 0.3) is 0 Å². The maximum absolute atomic E-state index is 6.28. The number of piperidine rings is 1. The molecule has 0 bridgehead atoms. The lowest BCUT2D eigenvalue weighted by Gasteiger charge is -2.43. The number of anilines is 1. The molecule has 1 aromatic heterocycles. The summed E-state index contributed by atoms with van der Waals surface area (Å²) in [7, 11) is 0. The minimum absolute atomic E-state index is 0.270. The molecule has 3 aliphatic heterocycles. The van der Waals surface area contributed by atoms with Gasteiger partial charge in [0.15, 0.2) is 0 Å². The van der Waals surface area contributed by atoms with Gasteiger partial charge in [0.05, 0.1) is 38.1 Å². The van der Waals surface area contributed by atoms with Crippen LogP contribution in [0.1, 0.15) is 31.0 Å². The number of nitrogens with zero attached hydrogens (tertiary/aromatic N) is 5. The van der Waals surface area contributed by atoms with Gasteiger partial charge in [-0.05, 0) is 55.2 Å². The van der Waals surface area contributed by atoms with Crippen molar-refractivity contribution in [2.45, 2.75) is 25.4 Å². The lowest BCUT2D eigenvalue weighted by atomic mass is 10.0. The Labute approximate surface area is 182 Å². The van der Waals surface area contributed by atoms with Crippen molar-refractivity contribution in [1.29, 1.82) is 0 Å². The molecule has 1 aromatic carbocycles. The number of fused-ring (bicyclic) bond motifs is 1. The summed E-state index contributed by atoms with van der Waals surface area (Å²) in [6, 6.07) is 6.63. The van der Waals surface area contributed by atoms with Gasteiger partial charge in [-0.25, -0.2) is 4.98 Å². The zero-order valence-electron chi connectivity index (χ0n) is 17.4. The number of hydrogen-bond donors (Lipinski definition) is 0. The van der Waals surface area contributed by atoms with E-state index < -0.39 is 0 Å². The maximum atomic E-state index is 6.28. The Morgan fingerprint density at radius 1 is 0.800 bits per heavy atom. The summed E-state index contributed by atoms with van der Waals surface area (Å²) in [6.07, 6.45) is 4.14. The second-order valence-electron chi connectivity index (χ2n) is 8.31. The third-order valence-corrected chi connectivity index (χ3v) is 6.58. The van der Waals surface area contributed by atoms with Crippen molar-refractivity contribution in [2.75, 3.05) is 70.6 Å². The van der Waals surface area contributed by atoms with Crippen molar-refractivity contribution in [2.24, 2.45) is 0 Å². The summed E-state index contributed by atoms with van der Waals surface area (Å²) in [4.78, 5) is 16.6. The summed E-state index contributed by atoms with van der Waals surface area (Å²) in [6.45, 7) is 8.91. The molecular formula is C22H30ClN5O2. The molecule has 7 nitrogen and oxygen atoms in total. The Balaban J connectivity index is 1.55. The molecule has 0 radical (unpaired) electrons. The number of hydrogen-bond acceptors (Lipinski definition) is 7. The van der Waals surface area contributed by atoms with Gasteiger partial charge < -0.3 is 14.4 Å². The van der Waals surface area contributed by atoms with Crippen molar-refractivity contribution >= 4 is 28.3 Å². The molecule has 0 amide bonds. The molecule has 30 heavy (non-hydrogen) atoms. The molecule has 0 spiro atoms. The lowest BCUT2D eigenvalue weighted by molar-refractivity contribution is -0.0404. The molecule has 3 saturated heterocycles. The summed E-state index contributed by atoms with van der Waals surface area (Å²) >= 11 is 6.28. The molecule has 0 saturated carbocycles. The maximum Gasteiger partial charge on any atom is 0.224 e. The summed E-state index contributed by atoms with van der Waals surface area (Å²) in [5.74, 6) is 0.925. The van der Waals surface area contributed by atoms with Crippen LogP contribution in [0.15, 0.2) is 18.2 Å². The van der Waals surface area contributed by atoms with Crippen LogP contribution in [0.5, 0.6) is 0 Å². The topological polar surface area (TPSA) is 54.0 Å². The van der Waals surface area contributed by atoms with Crippen molar-refractivity contribution in [3.63, 3.8) is 0 Å². The van der Waals surface area contributed by atoms with Crippen LogP contribution in [0.2, 0.25) is 5.28 Å². The molecule has 1 atom stereocenters. The smallest absolute Gasteiger partial charge is 0.224 e. The van der Waals surface area contributed by atoms with Crippen LogP contribution in [0.4, 0.5) is 5.82 Å². The highest BCUT2D eigenvalue weighted by atomic mass is 35.5. The molecule has 5 rings (SSSR count). The van der Waals surface area contributed by atoms with Crippen molar-refractivity contribution in [3.05, 3.63) is 29.0 Å². The zero-order chi connectivity index (χ0) is 20.3. The predicted molar refractivity (Wildman–Crippen MR) is 118 cm³/mol. The van der Waals surface area contributed by atoms with E-state index in [0.29, 0.717) is 18.5 Å². The Morgan fingerprint density at radius 3 is 2.20 bits per heavy atom. The molecule has 4 heterocycles. The van der Waals surface area contributed by atoms with Crippen LogP contribution in [-0.2, 0) is 9.47 Å². The van der Waals surface area contributed by atoms with E-state index in [0.717, 1.165) is 69.2 Å². The van der Waals surface area contributed by atoms with E-state index >= 15 is 0 Å². The highest BCUT2D eigenvalue weighted by molar-refractivity contribution is 6.28. The molecule has 2 aromatic rings. The number of rotatable bonds is 4. The van der Waals surface area contributed by atoms with Crippen LogP contribution in [0, 0.1) is 0 Å². The standard InChI is InChI=1S/C22H30ClN5O2/c23-22-24-19-5-4-17(16-18(19)20(25-22)26-8-12-29-13-9-26)21(27-6-2-1-3-7-27)28-10-14-30-15-11-28/h4-5,16,21H,1-3,6-15H2. The van der Waals surface area contributed by atoms with E-state index in [4.69, 9.17) is 21.1 Å².